The van der Waals surface area contributed by atoms with Gasteiger partial charge >= 0.3 is 0 Å². The number of nitrogens with zero attached hydrogens (tertiary/aromatic N) is 4. The summed E-state index contributed by atoms with van der Waals surface area (Å²) < 4.78 is 6.67. The van der Waals surface area contributed by atoms with E-state index in [4.69, 9.17) is 10.3 Å². The van der Waals surface area contributed by atoms with Gasteiger partial charge in [0.2, 0.25) is 0 Å². The van der Waals surface area contributed by atoms with Crippen LogP contribution in [0.3, 0.4) is 0 Å². The summed E-state index contributed by atoms with van der Waals surface area (Å²) in [7, 11) is 0. The highest BCUT2D eigenvalue weighted by molar-refractivity contribution is 5.54. The van der Waals surface area contributed by atoms with Gasteiger partial charge in [-0.15, -0.1) is 5.10 Å². The van der Waals surface area contributed by atoms with Gasteiger partial charge in [0.05, 0.1) is 11.9 Å². The van der Waals surface area contributed by atoms with Crippen molar-refractivity contribution in [1.29, 1.82) is 0 Å². The molecule has 0 aliphatic carbocycles. The molecule has 0 atom stereocenters. The van der Waals surface area contributed by atoms with Crippen molar-refractivity contribution in [3.63, 3.8) is 0 Å². The van der Waals surface area contributed by atoms with Crippen molar-refractivity contribution in [2.45, 2.75) is 0 Å². The quantitative estimate of drug-likeness (QED) is 0.717. The molecule has 3 aromatic rings. The number of rotatable bonds is 2. The second-order valence-electron chi connectivity index (χ2n) is 3.50. The van der Waals surface area contributed by atoms with Crippen molar-refractivity contribution >= 4 is 5.82 Å². The maximum absolute atomic E-state index is 5.47. The minimum absolute atomic E-state index is 0.328. The van der Waals surface area contributed by atoms with Gasteiger partial charge in [0.1, 0.15) is 0 Å². The number of nitrogen functional groups attached to an aromatic ring is 1. The Morgan fingerprint density at radius 3 is 2.71 bits per heavy atom. The van der Waals surface area contributed by atoms with Gasteiger partial charge in [-0.1, -0.05) is 28.6 Å². The Kier molecular flexibility index (Phi) is 2.11. The smallest absolute Gasteiger partial charge is 0.190 e. The van der Waals surface area contributed by atoms with Gasteiger partial charge in [0, 0.05) is 6.07 Å². The average molecular weight is 227 g/mol. The van der Waals surface area contributed by atoms with Crippen molar-refractivity contribution in [3.05, 3.63) is 42.6 Å². The van der Waals surface area contributed by atoms with E-state index in [-0.39, 0.29) is 0 Å². The molecule has 0 aliphatic rings. The second-order valence-corrected chi connectivity index (χ2v) is 3.50. The predicted molar refractivity (Wildman–Crippen MR) is 61.3 cm³/mol. The van der Waals surface area contributed by atoms with Crippen molar-refractivity contribution in [1.82, 2.24) is 20.2 Å². The van der Waals surface area contributed by atoms with Crippen LogP contribution in [0, 0.1) is 0 Å². The number of benzene rings is 1. The van der Waals surface area contributed by atoms with Crippen LogP contribution in [-0.2, 0) is 0 Å². The monoisotopic (exact) mass is 227 g/mol. The van der Waals surface area contributed by atoms with Gasteiger partial charge in [-0.25, -0.2) is 4.68 Å². The third kappa shape index (κ3) is 1.76. The molecule has 0 saturated heterocycles. The van der Waals surface area contributed by atoms with Crippen LogP contribution in [0.4, 0.5) is 5.82 Å². The summed E-state index contributed by atoms with van der Waals surface area (Å²) in [5, 5.41) is 11.6. The van der Waals surface area contributed by atoms with E-state index >= 15 is 0 Å². The van der Waals surface area contributed by atoms with Gasteiger partial charge in [-0.3, -0.25) is 0 Å². The van der Waals surface area contributed by atoms with E-state index < -0.39 is 0 Å². The number of nitrogens with two attached hydrogens (primary N) is 1. The second kappa shape index (κ2) is 3.75. The highest BCUT2D eigenvalue weighted by Crippen LogP contribution is 2.19. The van der Waals surface area contributed by atoms with Crippen LogP contribution in [0.15, 0.2) is 47.1 Å². The molecule has 1 aromatic carbocycles. The predicted octanol–water partition coefficient (Wildman–Crippen LogP) is 1.50. The number of para-hydroxylation sites is 1. The number of hydrogen-bond acceptors (Lipinski definition) is 5. The summed E-state index contributed by atoms with van der Waals surface area (Å²) in [6, 6.07) is 11.3. The topological polar surface area (TPSA) is 82.8 Å². The molecule has 6 heteroatoms. The van der Waals surface area contributed by atoms with Crippen molar-refractivity contribution < 1.29 is 4.52 Å². The lowest BCUT2D eigenvalue weighted by molar-refractivity contribution is 0.434. The minimum atomic E-state index is 0.328. The summed E-state index contributed by atoms with van der Waals surface area (Å²) in [6.45, 7) is 0. The Labute approximate surface area is 96.6 Å². The van der Waals surface area contributed by atoms with Crippen LogP contribution in [-0.4, -0.2) is 20.2 Å². The lowest BCUT2D eigenvalue weighted by Gasteiger charge is -1.96. The van der Waals surface area contributed by atoms with Crippen LogP contribution in [0.25, 0.3) is 17.1 Å². The normalized spacial score (nSPS) is 10.6. The zero-order valence-corrected chi connectivity index (χ0v) is 8.82. The van der Waals surface area contributed by atoms with E-state index in [9.17, 15) is 0 Å². The first-order valence-electron chi connectivity index (χ1n) is 5.03. The first kappa shape index (κ1) is 9.59. The highest BCUT2D eigenvalue weighted by Gasteiger charge is 2.09. The molecule has 17 heavy (non-hydrogen) atoms. The standard InChI is InChI=1S/C11H9N5O/c12-11-6-10(17-14-11)9-7-16(15-13-9)8-4-2-1-3-5-8/h1-7H,(H2,12,14). The van der Waals surface area contributed by atoms with Crippen LogP contribution < -0.4 is 5.73 Å². The van der Waals surface area contributed by atoms with Crippen LogP contribution in [0.5, 0.6) is 0 Å². The zero-order chi connectivity index (χ0) is 11.7. The van der Waals surface area contributed by atoms with Gasteiger partial charge in [-0.2, -0.15) is 0 Å². The molecule has 2 heterocycles. The van der Waals surface area contributed by atoms with Gasteiger partial charge in [0.15, 0.2) is 17.3 Å². The molecular formula is C11H9N5O. The Balaban J connectivity index is 1.99. The van der Waals surface area contributed by atoms with Crippen molar-refractivity contribution in [2.24, 2.45) is 0 Å². The van der Waals surface area contributed by atoms with Gasteiger partial charge in [0.25, 0.3) is 0 Å². The lowest BCUT2D eigenvalue weighted by atomic mass is 10.3. The minimum Gasteiger partial charge on any atom is -0.381 e. The molecule has 0 bridgehead atoms. The fourth-order valence-corrected chi connectivity index (χ4v) is 1.49. The third-order valence-electron chi connectivity index (χ3n) is 2.29. The summed E-state index contributed by atoms with van der Waals surface area (Å²) in [5.74, 6) is 0.832. The van der Waals surface area contributed by atoms with Crippen LogP contribution in [0.1, 0.15) is 0 Å². The Hall–Kier alpha value is -2.63. The fraction of sp³-hybridized carbons (Fsp3) is 0. The maximum atomic E-state index is 5.47. The summed E-state index contributed by atoms with van der Waals surface area (Å²) >= 11 is 0. The summed E-state index contributed by atoms with van der Waals surface area (Å²) in [6.07, 6.45) is 1.76. The van der Waals surface area contributed by atoms with Crippen molar-refractivity contribution in [3.8, 4) is 17.1 Å². The summed E-state index contributed by atoms with van der Waals surface area (Å²) in [4.78, 5) is 0. The van der Waals surface area contributed by atoms with Gasteiger partial charge in [-0.05, 0) is 12.1 Å². The largest absolute Gasteiger partial charge is 0.381 e. The molecule has 0 aliphatic heterocycles. The fourth-order valence-electron chi connectivity index (χ4n) is 1.49. The molecular weight excluding hydrogens is 218 g/mol. The van der Waals surface area contributed by atoms with E-state index in [1.807, 2.05) is 30.3 Å². The van der Waals surface area contributed by atoms with Crippen LogP contribution in [0.2, 0.25) is 0 Å². The molecule has 3 rings (SSSR count). The Bertz CT molecular complexity index is 628. The van der Waals surface area contributed by atoms with E-state index in [2.05, 4.69) is 15.5 Å². The molecule has 84 valence electrons. The summed E-state index contributed by atoms with van der Waals surface area (Å²) in [5.41, 5.74) is 7.00. The maximum Gasteiger partial charge on any atom is 0.190 e. The van der Waals surface area contributed by atoms with Crippen molar-refractivity contribution in [2.75, 3.05) is 5.73 Å². The molecule has 0 radical (unpaired) electrons. The average Bonchev–Trinajstić information content (AvgIpc) is 2.98. The van der Waals surface area contributed by atoms with E-state index in [0.29, 0.717) is 17.3 Å². The molecule has 0 amide bonds. The molecule has 0 spiro atoms. The number of aromatic nitrogens is 4. The van der Waals surface area contributed by atoms with E-state index in [0.717, 1.165) is 5.69 Å². The number of hydrogen-bond donors (Lipinski definition) is 1. The third-order valence-corrected chi connectivity index (χ3v) is 2.29. The SMILES string of the molecule is Nc1cc(-c2cn(-c3ccccc3)nn2)on1. The molecule has 2 N–H and O–H groups in total. The Morgan fingerprint density at radius 1 is 1.18 bits per heavy atom. The van der Waals surface area contributed by atoms with Crippen LogP contribution >= 0.6 is 0 Å². The number of anilines is 1. The zero-order valence-electron chi connectivity index (χ0n) is 8.82. The first-order chi connectivity index (χ1) is 8.33. The molecule has 0 fully saturated rings. The van der Waals surface area contributed by atoms with E-state index in [1.165, 1.54) is 0 Å². The first-order valence-corrected chi connectivity index (χ1v) is 5.03. The molecule has 6 nitrogen and oxygen atoms in total. The highest BCUT2D eigenvalue weighted by atomic mass is 16.5. The van der Waals surface area contributed by atoms with E-state index in [1.54, 1.807) is 16.9 Å². The van der Waals surface area contributed by atoms with Gasteiger partial charge < -0.3 is 10.3 Å². The molecule has 0 unspecified atom stereocenters. The molecule has 0 saturated carbocycles. The lowest BCUT2D eigenvalue weighted by Crippen LogP contribution is -1.93. The molecule has 2 aromatic heterocycles. The Morgan fingerprint density at radius 2 is 2.00 bits per heavy atom.